The molecule has 0 saturated carbocycles. The zero-order valence-corrected chi connectivity index (χ0v) is 8.88. The van der Waals surface area contributed by atoms with E-state index in [1.54, 1.807) is 0 Å². The Morgan fingerprint density at radius 2 is 2.23 bits per heavy atom. The number of alkyl halides is 2. The normalized spacial score (nSPS) is 10.5. The Morgan fingerprint density at radius 3 is 2.69 bits per heavy atom. The van der Waals surface area contributed by atoms with Gasteiger partial charge in [0.2, 0.25) is 0 Å². The Labute approximate surface area is 87.4 Å². The summed E-state index contributed by atoms with van der Waals surface area (Å²) in [6.07, 6.45) is -1.57. The van der Waals surface area contributed by atoms with E-state index < -0.39 is 6.43 Å². The third kappa shape index (κ3) is 1.98. The fourth-order valence-corrected chi connectivity index (χ4v) is 1.51. The minimum atomic E-state index is -2.63. The van der Waals surface area contributed by atoms with E-state index in [0.717, 1.165) is 6.20 Å². The molecule has 0 fully saturated rings. The molecular weight excluding hydrogens is 293 g/mol. The summed E-state index contributed by atoms with van der Waals surface area (Å²) in [5.74, 6) is 0.207. The number of methoxy groups -OCH3 is 1. The molecule has 0 radical (unpaired) electrons. The number of pyridine rings is 1. The molecule has 0 amide bonds. The SMILES string of the molecule is COc1c(I)ncc(C(F)F)c1N. The number of anilines is 1. The van der Waals surface area contributed by atoms with Crippen LogP contribution in [0, 0.1) is 3.70 Å². The maximum absolute atomic E-state index is 12.3. The van der Waals surface area contributed by atoms with E-state index in [1.807, 2.05) is 22.6 Å². The third-order valence-corrected chi connectivity index (χ3v) is 2.27. The lowest BCUT2D eigenvalue weighted by molar-refractivity contribution is 0.151. The van der Waals surface area contributed by atoms with Crippen molar-refractivity contribution in [3.63, 3.8) is 0 Å². The van der Waals surface area contributed by atoms with Crippen LogP contribution in [0.1, 0.15) is 12.0 Å². The Morgan fingerprint density at radius 1 is 1.62 bits per heavy atom. The van der Waals surface area contributed by atoms with Crippen molar-refractivity contribution in [2.45, 2.75) is 6.43 Å². The molecular formula is C7H7F2IN2O. The first-order chi connectivity index (χ1) is 6.07. The maximum atomic E-state index is 12.3. The molecule has 0 aliphatic rings. The number of nitrogens with zero attached hydrogens (tertiary/aromatic N) is 1. The van der Waals surface area contributed by atoms with Crippen LogP contribution in [-0.2, 0) is 0 Å². The van der Waals surface area contributed by atoms with E-state index in [0.29, 0.717) is 3.70 Å². The van der Waals surface area contributed by atoms with Gasteiger partial charge in [-0.15, -0.1) is 0 Å². The maximum Gasteiger partial charge on any atom is 0.267 e. The van der Waals surface area contributed by atoms with E-state index >= 15 is 0 Å². The van der Waals surface area contributed by atoms with E-state index in [1.165, 1.54) is 7.11 Å². The molecule has 0 spiro atoms. The lowest BCUT2D eigenvalue weighted by atomic mass is 10.2. The van der Waals surface area contributed by atoms with Gasteiger partial charge in [-0.05, 0) is 22.6 Å². The average molecular weight is 300 g/mol. The molecule has 0 bridgehead atoms. The Balaban J connectivity index is 3.27. The van der Waals surface area contributed by atoms with Crippen molar-refractivity contribution < 1.29 is 13.5 Å². The minimum absolute atomic E-state index is 0.0445. The first-order valence-corrected chi connectivity index (χ1v) is 4.41. The van der Waals surface area contributed by atoms with Gasteiger partial charge >= 0.3 is 0 Å². The minimum Gasteiger partial charge on any atom is -0.492 e. The summed E-state index contributed by atoms with van der Waals surface area (Å²) in [6.45, 7) is 0. The van der Waals surface area contributed by atoms with Gasteiger partial charge in [0.1, 0.15) is 3.70 Å². The molecule has 0 aliphatic carbocycles. The van der Waals surface area contributed by atoms with Crippen molar-refractivity contribution in [3.05, 3.63) is 15.5 Å². The van der Waals surface area contributed by atoms with Crippen LogP contribution in [0.2, 0.25) is 0 Å². The van der Waals surface area contributed by atoms with E-state index in [2.05, 4.69) is 4.98 Å². The largest absolute Gasteiger partial charge is 0.492 e. The first kappa shape index (κ1) is 10.4. The molecule has 0 atom stereocenters. The fraction of sp³-hybridized carbons (Fsp3) is 0.286. The van der Waals surface area contributed by atoms with Crippen molar-refractivity contribution >= 4 is 28.3 Å². The number of halogens is 3. The zero-order valence-electron chi connectivity index (χ0n) is 6.72. The molecule has 1 rings (SSSR count). The van der Waals surface area contributed by atoms with Crippen molar-refractivity contribution in [2.24, 2.45) is 0 Å². The number of aromatic nitrogens is 1. The molecule has 6 heteroatoms. The lowest BCUT2D eigenvalue weighted by Crippen LogP contribution is -2.02. The fourth-order valence-electron chi connectivity index (χ4n) is 0.865. The molecule has 1 aromatic heterocycles. The van der Waals surface area contributed by atoms with Crippen molar-refractivity contribution in [3.8, 4) is 5.75 Å². The predicted molar refractivity (Wildman–Crippen MR) is 52.9 cm³/mol. The second-order valence-corrected chi connectivity index (χ2v) is 3.27. The summed E-state index contributed by atoms with van der Waals surface area (Å²) in [6, 6.07) is 0. The molecule has 2 N–H and O–H groups in total. The van der Waals surface area contributed by atoms with Gasteiger partial charge in [0.25, 0.3) is 6.43 Å². The Kier molecular flexibility index (Phi) is 3.23. The van der Waals surface area contributed by atoms with Crippen molar-refractivity contribution in [1.29, 1.82) is 0 Å². The number of hydrogen-bond acceptors (Lipinski definition) is 3. The van der Waals surface area contributed by atoms with Crippen LogP contribution in [0.3, 0.4) is 0 Å². The van der Waals surface area contributed by atoms with Gasteiger partial charge in [0, 0.05) is 6.20 Å². The molecule has 0 aromatic carbocycles. The molecule has 72 valence electrons. The highest BCUT2D eigenvalue weighted by atomic mass is 127. The monoisotopic (exact) mass is 300 g/mol. The predicted octanol–water partition coefficient (Wildman–Crippen LogP) is 2.21. The van der Waals surface area contributed by atoms with E-state index in [9.17, 15) is 8.78 Å². The van der Waals surface area contributed by atoms with Crippen LogP contribution in [0.15, 0.2) is 6.20 Å². The second kappa shape index (κ2) is 4.03. The molecule has 0 saturated heterocycles. The highest BCUT2D eigenvalue weighted by Crippen LogP contribution is 2.33. The molecule has 0 unspecified atom stereocenters. The smallest absolute Gasteiger partial charge is 0.267 e. The third-order valence-electron chi connectivity index (χ3n) is 1.50. The van der Waals surface area contributed by atoms with Gasteiger partial charge in [-0.25, -0.2) is 13.8 Å². The van der Waals surface area contributed by atoms with Crippen LogP contribution in [0.4, 0.5) is 14.5 Å². The van der Waals surface area contributed by atoms with Crippen molar-refractivity contribution in [2.75, 3.05) is 12.8 Å². The summed E-state index contributed by atoms with van der Waals surface area (Å²) in [5.41, 5.74) is 5.11. The van der Waals surface area contributed by atoms with Gasteiger partial charge in [-0.3, -0.25) is 0 Å². The van der Waals surface area contributed by atoms with Crippen LogP contribution in [0.5, 0.6) is 5.75 Å². The summed E-state index contributed by atoms with van der Waals surface area (Å²) < 4.78 is 29.9. The standard InChI is InChI=1S/C7H7F2IN2O/c1-13-5-4(11)3(6(8)9)2-12-7(5)10/h2,6H,1H3,(H2,11,12). The van der Waals surface area contributed by atoms with Gasteiger partial charge in [-0.1, -0.05) is 0 Å². The summed E-state index contributed by atoms with van der Waals surface area (Å²) in [7, 11) is 1.37. The highest BCUT2D eigenvalue weighted by molar-refractivity contribution is 14.1. The molecule has 13 heavy (non-hydrogen) atoms. The molecule has 1 heterocycles. The molecule has 0 aliphatic heterocycles. The molecule has 3 nitrogen and oxygen atoms in total. The van der Waals surface area contributed by atoms with Crippen LogP contribution in [0.25, 0.3) is 0 Å². The quantitative estimate of drug-likeness (QED) is 0.673. The lowest BCUT2D eigenvalue weighted by Gasteiger charge is -2.09. The molecule has 1 aromatic rings. The van der Waals surface area contributed by atoms with Gasteiger partial charge in [0.05, 0.1) is 18.4 Å². The Hall–Kier alpha value is -0.660. The second-order valence-electron chi connectivity index (χ2n) is 2.25. The zero-order chi connectivity index (χ0) is 10.0. The van der Waals surface area contributed by atoms with Gasteiger partial charge in [0.15, 0.2) is 5.75 Å². The van der Waals surface area contributed by atoms with Crippen LogP contribution >= 0.6 is 22.6 Å². The highest BCUT2D eigenvalue weighted by Gasteiger charge is 2.17. The van der Waals surface area contributed by atoms with Crippen LogP contribution in [-0.4, -0.2) is 12.1 Å². The van der Waals surface area contributed by atoms with Gasteiger partial charge < -0.3 is 10.5 Å². The van der Waals surface area contributed by atoms with Crippen molar-refractivity contribution in [1.82, 2.24) is 4.98 Å². The number of nitrogens with two attached hydrogens (primary N) is 1. The van der Waals surface area contributed by atoms with Crippen LogP contribution < -0.4 is 10.5 Å². The van der Waals surface area contributed by atoms with E-state index in [-0.39, 0.29) is 17.0 Å². The summed E-state index contributed by atoms with van der Waals surface area (Å²) in [4.78, 5) is 3.73. The van der Waals surface area contributed by atoms with E-state index in [4.69, 9.17) is 10.5 Å². The number of nitrogen functional groups attached to an aromatic ring is 1. The first-order valence-electron chi connectivity index (χ1n) is 3.34. The topological polar surface area (TPSA) is 48.1 Å². The summed E-state index contributed by atoms with van der Waals surface area (Å²) in [5, 5.41) is 0. The summed E-state index contributed by atoms with van der Waals surface area (Å²) >= 11 is 1.87. The van der Waals surface area contributed by atoms with Gasteiger partial charge in [-0.2, -0.15) is 0 Å². The number of hydrogen-bond donors (Lipinski definition) is 1. The average Bonchev–Trinajstić information content (AvgIpc) is 2.04. The number of rotatable bonds is 2. The number of ether oxygens (including phenoxy) is 1. The Bertz CT molecular complexity index is 320.